The Morgan fingerprint density at radius 2 is 2.26 bits per heavy atom. The van der Waals surface area contributed by atoms with E-state index in [9.17, 15) is 5.11 Å². The molecule has 0 aliphatic heterocycles. The maximum Gasteiger partial charge on any atom is 0.0858 e. The number of hydrogen-bond donors (Lipinski definition) is 2. The van der Waals surface area contributed by atoms with Crippen LogP contribution in [-0.4, -0.2) is 11.7 Å². The summed E-state index contributed by atoms with van der Waals surface area (Å²) in [5.74, 6) is 0.694. The number of halogens is 1. The molecule has 1 aliphatic rings. The van der Waals surface area contributed by atoms with Gasteiger partial charge in [-0.2, -0.15) is 0 Å². The summed E-state index contributed by atoms with van der Waals surface area (Å²) < 4.78 is 0. The van der Waals surface area contributed by atoms with Crippen molar-refractivity contribution < 1.29 is 5.11 Å². The normalized spacial score (nSPS) is 28.6. The number of hydrogen-bond acceptors (Lipinski definition) is 2. The summed E-state index contributed by atoms with van der Waals surface area (Å²) >= 11 is 6.17. The zero-order valence-electron chi connectivity index (χ0n) is 11.8. The Labute approximate surface area is 121 Å². The van der Waals surface area contributed by atoms with Gasteiger partial charge >= 0.3 is 0 Å². The number of benzene rings is 1. The van der Waals surface area contributed by atoms with Gasteiger partial charge < -0.3 is 10.8 Å². The number of aliphatic hydroxyl groups is 1. The van der Waals surface area contributed by atoms with Gasteiger partial charge in [0.15, 0.2) is 0 Å². The van der Waals surface area contributed by atoms with Crippen molar-refractivity contribution >= 4 is 11.6 Å². The van der Waals surface area contributed by atoms with E-state index in [-0.39, 0.29) is 5.41 Å². The van der Waals surface area contributed by atoms with E-state index in [1.54, 1.807) is 0 Å². The van der Waals surface area contributed by atoms with Crippen LogP contribution in [0.15, 0.2) is 18.2 Å². The summed E-state index contributed by atoms with van der Waals surface area (Å²) in [5.41, 5.74) is 7.77. The van der Waals surface area contributed by atoms with Gasteiger partial charge in [-0.05, 0) is 49.3 Å². The Kier molecular flexibility index (Phi) is 4.54. The highest BCUT2D eigenvalue weighted by Gasteiger charge is 2.43. The average molecular weight is 282 g/mol. The monoisotopic (exact) mass is 281 g/mol. The van der Waals surface area contributed by atoms with Gasteiger partial charge in [0.2, 0.25) is 0 Å². The van der Waals surface area contributed by atoms with Gasteiger partial charge in [-0.25, -0.2) is 0 Å². The minimum absolute atomic E-state index is 0.167. The first kappa shape index (κ1) is 14.8. The van der Waals surface area contributed by atoms with Crippen LogP contribution in [0.3, 0.4) is 0 Å². The van der Waals surface area contributed by atoms with Crippen molar-refractivity contribution in [3.05, 3.63) is 34.3 Å². The van der Waals surface area contributed by atoms with Gasteiger partial charge in [-0.3, -0.25) is 0 Å². The molecule has 3 N–H and O–H groups in total. The van der Waals surface area contributed by atoms with Gasteiger partial charge in [0, 0.05) is 17.0 Å². The second-order valence-corrected chi connectivity index (χ2v) is 6.40. The third-order valence-corrected chi connectivity index (χ3v) is 5.23. The van der Waals surface area contributed by atoms with Crippen LogP contribution in [-0.2, 0) is 0 Å². The Balaban J connectivity index is 2.25. The van der Waals surface area contributed by atoms with E-state index >= 15 is 0 Å². The fraction of sp³-hybridized carbons (Fsp3) is 0.625. The molecule has 3 heteroatoms. The molecule has 19 heavy (non-hydrogen) atoms. The molecule has 2 nitrogen and oxygen atoms in total. The summed E-state index contributed by atoms with van der Waals surface area (Å²) in [6.07, 6.45) is 3.86. The lowest BCUT2D eigenvalue weighted by molar-refractivity contribution is 0.0301. The van der Waals surface area contributed by atoms with Crippen LogP contribution in [0.2, 0.25) is 5.02 Å². The molecule has 1 saturated carbocycles. The zero-order valence-corrected chi connectivity index (χ0v) is 12.6. The topological polar surface area (TPSA) is 46.2 Å². The quantitative estimate of drug-likeness (QED) is 0.881. The molecule has 0 spiro atoms. The summed E-state index contributed by atoms with van der Waals surface area (Å²) in [5, 5.41) is 11.5. The van der Waals surface area contributed by atoms with E-state index < -0.39 is 6.10 Å². The van der Waals surface area contributed by atoms with E-state index in [4.69, 9.17) is 17.3 Å². The average Bonchev–Trinajstić information content (AvgIpc) is 2.86. The molecule has 0 aromatic heterocycles. The van der Waals surface area contributed by atoms with Gasteiger partial charge in [0.25, 0.3) is 0 Å². The highest BCUT2D eigenvalue weighted by Crippen LogP contribution is 2.50. The molecule has 3 unspecified atom stereocenters. The van der Waals surface area contributed by atoms with Crippen LogP contribution < -0.4 is 5.73 Å². The van der Waals surface area contributed by atoms with E-state index in [0.717, 1.165) is 24.0 Å². The second kappa shape index (κ2) is 5.82. The Bertz CT molecular complexity index is 448. The van der Waals surface area contributed by atoms with Crippen molar-refractivity contribution in [3.8, 4) is 0 Å². The van der Waals surface area contributed by atoms with Crippen LogP contribution in [0, 0.1) is 18.3 Å². The first-order chi connectivity index (χ1) is 9.02. The van der Waals surface area contributed by atoms with Gasteiger partial charge in [-0.1, -0.05) is 37.1 Å². The lowest BCUT2D eigenvalue weighted by Crippen LogP contribution is -2.34. The molecule has 0 radical (unpaired) electrons. The third-order valence-electron chi connectivity index (χ3n) is 4.82. The van der Waals surface area contributed by atoms with E-state index in [1.165, 1.54) is 12.8 Å². The summed E-state index contributed by atoms with van der Waals surface area (Å²) in [6.45, 7) is 4.72. The Hall–Kier alpha value is -0.570. The fourth-order valence-electron chi connectivity index (χ4n) is 3.30. The fourth-order valence-corrected chi connectivity index (χ4v) is 3.49. The maximum absolute atomic E-state index is 10.8. The number of aliphatic hydroxyl groups excluding tert-OH is 1. The van der Waals surface area contributed by atoms with Crippen molar-refractivity contribution in [1.29, 1.82) is 0 Å². The molecule has 0 amide bonds. The molecule has 1 aliphatic carbocycles. The highest BCUT2D eigenvalue weighted by molar-refractivity contribution is 6.31. The second-order valence-electron chi connectivity index (χ2n) is 5.99. The van der Waals surface area contributed by atoms with E-state index in [0.29, 0.717) is 17.5 Å². The van der Waals surface area contributed by atoms with Crippen LogP contribution in [0.25, 0.3) is 0 Å². The van der Waals surface area contributed by atoms with Crippen molar-refractivity contribution in [1.82, 2.24) is 0 Å². The molecule has 1 fully saturated rings. The molecule has 1 aromatic rings. The van der Waals surface area contributed by atoms with E-state index in [1.807, 2.05) is 25.1 Å². The van der Waals surface area contributed by atoms with Crippen molar-refractivity contribution in [2.75, 3.05) is 6.54 Å². The molecular weight excluding hydrogens is 258 g/mol. The predicted molar refractivity (Wildman–Crippen MR) is 80.3 cm³/mol. The summed E-state index contributed by atoms with van der Waals surface area (Å²) in [6, 6.07) is 5.83. The third kappa shape index (κ3) is 2.81. The van der Waals surface area contributed by atoms with Gasteiger partial charge in [0.1, 0.15) is 0 Å². The van der Waals surface area contributed by atoms with Crippen molar-refractivity contribution in [2.45, 2.75) is 45.6 Å². The van der Waals surface area contributed by atoms with Crippen molar-refractivity contribution in [3.63, 3.8) is 0 Å². The standard InChI is InChI=1S/C16H24ClNO/c1-3-12-6-7-16(9-12,10-18)15(19)13-5-4-11(2)14(17)8-13/h4-5,8,12,15,19H,3,6-7,9-10,18H2,1-2H3. The molecule has 106 valence electrons. The van der Waals surface area contributed by atoms with Crippen LogP contribution in [0.4, 0.5) is 0 Å². The molecule has 3 atom stereocenters. The summed E-state index contributed by atoms with van der Waals surface area (Å²) in [4.78, 5) is 0. The largest absolute Gasteiger partial charge is 0.388 e. The zero-order chi connectivity index (χ0) is 14.0. The SMILES string of the molecule is CCC1CCC(CN)(C(O)c2ccc(C)c(Cl)c2)C1. The molecule has 2 rings (SSSR count). The van der Waals surface area contributed by atoms with E-state index in [2.05, 4.69) is 6.92 Å². The number of aryl methyl sites for hydroxylation is 1. The lowest BCUT2D eigenvalue weighted by Gasteiger charge is -2.34. The van der Waals surface area contributed by atoms with Crippen LogP contribution in [0.5, 0.6) is 0 Å². The van der Waals surface area contributed by atoms with Gasteiger partial charge in [0.05, 0.1) is 6.10 Å². The first-order valence-corrected chi connectivity index (χ1v) is 7.54. The van der Waals surface area contributed by atoms with Crippen LogP contribution >= 0.6 is 11.6 Å². The molecule has 0 saturated heterocycles. The molecule has 1 aromatic carbocycles. The Morgan fingerprint density at radius 3 is 2.79 bits per heavy atom. The Morgan fingerprint density at radius 1 is 1.53 bits per heavy atom. The van der Waals surface area contributed by atoms with Crippen molar-refractivity contribution in [2.24, 2.45) is 17.1 Å². The first-order valence-electron chi connectivity index (χ1n) is 7.16. The minimum atomic E-state index is -0.507. The smallest absolute Gasteiger partial charge is 0.0858 e. The predicted octanol–water partition coefficient (Wildman–Crippen LogP) is 3.84. The molecular formula is C16H24ClNO. The van der Waals surface area contributed by atoms with Crippen LogP contribution in [0.1, 0.15) is 49.8 Å². The van der Waals surface area contributed by atoms with Gasteiger partial charge in [-0.15, -0.1) is 0 Å². The molecule has 0 heterocycles. The highest BCUT2D eigenvalue weighted by atomic mass is 35.5. The number of nitrogens with two attached hydrogens (primary N) is 1. The minimum Gasteiger partial charge on any atom is -0.388 e. The lowest BCUT2D eigenvalue weighted by atomic mass is 9.76. The maximum atomic E-state index is 10.8. The summed E-state index contributed by atoms with van der Waals surface area (Å²) in [7, 11) is 0. The number of rotatable bonds is 4. The molecule has 0 bridgehead atoms.